The molecule has 0 aromatic heterocycles. The summed E-state index contributed by atoms with van der Waals surface area (Å²) in [5.41, 5.74) is 21.6. The van der Waals surface area contributed by atoms with Gasteiger partial charge in [-0.05, 0) is 99.6 Å². The molecule has 0 radical (unpaired) electrons. The minimum atomic E-state index is 0. The molecule has 0 bridgehead atoms. The minimum absolute atomic E-state index is 0. The summed E-state index contributed by atoms with van der Waals surface area (Å²) < 4.78 is 1.55. The molecule has 1 aliphatic rings. The Kier molecular flexibility index (Phi) is 27.6. The normalized spacial score (nSPS) is 12.4. The Morgan fingerprint density at radius 2 is 0.872 bits per heavy atom. The second-order valence-electron chi connectivity index (χ2n) is 12.6. The van der Waals surface area contributed by atoms with Gasteiger partial charge >= 0.3 is 0 Å². The van der Waals surface area contributed by atoms with Crippen LogP contribution < -0.4 is 0 Å². The maximum atomic E-state index is 11.8. The van der Waals surface area contributed by atoms with E-state index < -0.39 is 0 Å². The van der Waals surface area contributed by atoms with Crippen molar-refractivity contribution in [3.05, 3.63) is 87.5 Å². The zero-order valence-corrected chi connectivity index (χ0v) is 31.9. The molecule has 5 heteroatoms. The monoisotopic (exact) mass is 690 g/mol. The summed E-state index contributed by atoms with van der Waals surface area (Å²) in [6, 6.07) is 17.8. The van der Waals surface area contributed by atoms with Crippen LogP contribution in [0.2, 0.25) is 0 Å². The van der Waals surface area contributed by atoms with Crippen molar-refractivity contribution in [2.75, 3.05) is 13.2 Å². The number of aliphatic hydroxyl groups is 2. The van der Waals surface area contributed by atoms with Crippen molar-refractivity contribution in [2.45, 2.75) is 157 Å². The van der Waals surface area contributed by atoms with Crippen molar-refractivity contribution in [3.8, 4) is 0 Å². The van der Waals surface area contributed by atoms with Gasteiger partial charge in [-0.3, -0.25) is 0 Å². The zero-order valence-electron chi connectivity index (χ0n) is 30.9. The number of unbranched alkanes of at least 4 members (excludes halogenated alkanes) is 8. The summed E-state index contributed by atoms with van der Waals surface area (Å²) in [5, 5.41) is 16.1. The SMILES string of the molecule is CCCCCCC1=C(c2cccc(CCCC)c2)[N+](=[N-])C(c2cccc(CCCC)c2)=C1CCCC.CCCCO.CCCCO.[Ni]. The van der Waals surface area contributed by atoms with E-state index in [4.69, 9.17) is 10.2 Å². The summed E-state index contributed by atoms with van der Waals surface area (Å²) in [6.45, 7) is 13.8. The van der Waals surface area contributed by atoms with Crippen LogP contribution in [-0.4, -0.2) is 28.1 Å². The molecule has 2 aromatic rings. The maximum absolute atomic E-state index is 11.8. The van der Waals surface area contributed by atoms with Gasteiger partial charge < -0.3 is 15.7 Å². The van der Waals surface area contributed by atoms with Gasteiger partial charge in [-0.1, -0.05) is 117 Å². The fourth-order valence-corrected chi connectivity index (χ4v) is 5.69. The molecule has 0 fully saturated rings. The Morgan fingerprint density at radius 3 is 1.23 bits per heavy atom. The van der Waals surface area contributed by atoms with Crippen LogP contribution in [0.1, 0.15) is 167 Å². The summed E-state index contributed by atoms with van der Waals surface area (Å²) in [6.07, 6.45) is 20.3. The van der Waals surface area contributed by atoms with E-state index in [-0.39, 0.29) is 16.5 Å². The standard InChI is InChI=1S/C34H48N2.2C4H10O.Ni/c1-5-9-13-14-24-32-31(23-12-8-4)33(29-21-15-19-27(25-29)17-10-6-2)36(35)34(32)30-22-16-20-28(26-30)18-11-7-3;2*1-2-3-4-5;/h15-16,19-22,25-26H,5-14,17-18,23-24H2,1-4H3;2*5H,2-4H2,1H3;. The van der Waals surface area contributed by atoms with E-state index in [1.165, 1.54) is 73.6 Å². The predicted molar refractivity (Wildman–Crippen MR) is 200 cm³/mol. The van der Waals surface area contributed by atoms with E-state index >= 15 is 0 Å². The molecule has 3 rings (SSSR count). The molecular formula is C42H68N2NiO2. The molecule has 2 aromatic carbocycles. The van der Waals surface area contributed by atoms with Gasteiger partial charge in [0.2, 0.25) is 11.4 Å². The van der Waals surface area contributed by atoms with E-state index in [9.17, 15) is 5.53 Å². The molecule has 0 spiro atoms. The van der Waals surface area contributed by atoms with Crippen LogP contribution in [0, 0.1) is 0 Å². The molecule has 1 heterocycles. The van der Waals surface area contributed by atoms with Gasteiger partial charge in [-0.15, -0.1) is 0 Å². The van der Waals surface area contributed by atoms with Crippen molar-refractivity contribution < 1.29 is 31.4 Å². The summed E-state index contributed by atoms with van der Waals surface area (Å²) in [4.78, 5) is 0. The molecule has 0 saturated heterocycles. The molecule has 0 aliphatic carbocycles. The zero-order chi connectivity index (χ0) is 34.0. The van der Waals surface area contributed by atoms with Crippen molar-refractivity contribution in [3.63, 3.8) is 0 Å². The van der Waals surface area contributed by atoms with E-state index in [2.05, 4.69) is 90.1 Å². The number of allylic oxidation sites excluding steroid dienone is 2. The van der Waals surface area contributed by atoms with Crippen molar-refractivity contribution in [1.82, 2.24) is 0 Å². The number of aliphatic hydroxyl groups excluding tert-OH is 2. The van der Waals surface area contributed by atoms with Gasteiger partial charge in [-0.25, -0.2) is 4.70 Å². The summed E-state index contributed by atoms with van der Waals surface area (Å²) >= 11 is 0. The van der Waals surface area contributed by atoms with E-state index in [0.717, 1.165) is 86.7 Å². The average Bonchev–Trinajstić information content (AvgIpc) is 3.35. The van der Waals surface area contributed by atoms with Gasteiger partial charge in [0, 0.05) is 52.0 Å². The fraction of sp³-hybridized carbons (Fsp3) is 0.619. The first kappa shape index (κ1) is 44.9. The van der Waals surface area contributed by atoms with Crippen molar-refractivity contribution in [1.29, 1.82) is 0 Å². The Labute approximate surface area is 299 Å². The number of hydrogen-bond donors (Lipinski definition) is 2. The van der Waals surface area contributed by atoms with E-state index in [1.807, 2.05) is 0 Å². The number of rotatable bonds is 20. The Morgan fingerprint density at radius 1 is 0.489 bits per heavy atom. The number of hydrogen-bond acceptors (Lipinski definition) is 2. The summed E-state index contributed by atoms with van der Waals surface area (Å²) in [5.74, 6) is 0. The first-order valence-electron chi connectivity index (χ1n) is 18.8. The quantitative estimate of drug-likeness (QED) is 0.0825. The predicted octanol–water partition coefficient (Wildman–Crippen LogP) is 12.3. The van der Waals surface area contributed by atoms with Crippen LogP contribution in [0.3, 0.4) is 0 Å². The van der Waals surface area contributed by atoms with Crippen molar-refractivity contribution in [2.24, 2.45) is 0 Å². The molecule has 0 atom stereocenters. The van der Waals surface area contributed by atoms with E-state index in [1.54, 1.807) is 4.70 Å². The van der Waals surface area contributed by atoms with E-state index in [0.29, 0.717) is 13.2 Å². The number of aryl methyl sites for hydroxylation is 2. The van der Waals surface area contributed by atoms with Crippen LogP contribution in [0.5, 0.6) is 0 Å². The third-order valence-corrected chi connectivity index (χ3v) is 8.48. The van der Waals surface area contributed by atoms with Crippen LogP contribution in [0.15, 0.2) is 59.7 Å². The van der Waals surface area contributed by atoms with Crippen LogP contribution in [0.25, 0.3) is 16.9 Å². The smallest absolute Gasteiger partial charge is 0.211 e. The van der Waals surface area contributed by atoms with Gasteiger partial charge in [0.05, 0.1) is 0 Å². The molecule has 4 nitrogen and oxygen atoms in total. The second-order valence-corrected chi connectivity index (χ2v) is 12.6. The molecular weight excluding hydrogens is 623 g/mol. The molecule has 2 N–H and O–H groups in total. The van der Waals surface area contributed by atoms with Crippen LogP contribution in [-0.2, 0) is 29.3 Å². The largest absolute Gasteiger partial charge is 0.493 e. The fourth-order valence-electron chi connectivity index (χ4n) is 5.69. The molecule has 0 saturated carbocycles. The topological polar surface area (TPSA) is 65.8 Å². The molecule has 0 amide bonds. The molecule has 268 valence electrons. The average molecular weight is 692 g/mol. The Balaban J connectivity index is 0.00000168. The van der Waals surface area contributed by atoms with Gasteiger partial charge in [0.15, 0.2) is 0 Å². The third kappa shape index (κ3) is 16.7. The van der Waals surface area contributed by atoms with Gasteiger partial charge in [0.1, 0.15) is 0 Å². The Hall–Kier alpha value is -2.07. The summed E-state index contributed by atoms with van der Waals surface area (Å²) in [7, 11) is 0. The first-order valence-corrected chi connectivity index (χ1v) is 18.8. The first-order chi connectivity index (χ1) is 22.5. The van der Waals surface area contributed by atoms with Crippen molar-refractivity contribution >= 4 is 11.4 Å². The van der Waals surface area contributed by atoms with Crippen LogP contribution in [0.4, 0.5) is 0 Å². The number of nitrogens with zero attached hydrogens (tertiary/aromatic N) is 2. The maximum Gasteiger partial charge on any atom is 0.211 e. The van der Waals surface area contributed by atoms with Gasteiger partial charge in [-0.2, -0.15) is 0 Å². The second kappa shape index (κ2) is 28.9. The molecule has 0 unspecified atom stereocenters. The number of benzene rings is 2. The molecule has 47 heavy (non-hydrogen) atoms. The Bertz CT molecular complexity index is 1160. The van der Waals surface area contributed by atoms with Crippen LogP contribution >= 0.6 is 0 Å². The minimum Gasteiger partial charge on any atom is -0.493 e. The van der Waals surface area contributed by atoms with Gasteiger partial charge in [0.25, 0.3) is 0 Å². The third-order valence-electron chi connectivity index (χ3n) is 8.48. The molecule has 1 aliphatic heterocycles.